The van der Waals surface area contributed by atoms with Crippen molar-refractivity contribution < 1.29 is 4.79 Å². The molecule has 4 rings (SSSR count). The molecule has 4 heteroatoms. The summed E-state index contributed by atoms with van der Waals surface area (Å²) in [6, 6.07) is 15.9. The lowest BCUT2D eigenvalue weighted by Crippen LogP contribution is -2.39. The van der Waals surface area contributed by atoms with Crippen LogP contribution in [-0.2, 0) is 6.54 Å². The summed E-state index contributed by atoms with van der Waals surface area (Å²) in [5.41, 5.74) is 2.51. The van der Waals surface area contributed by atoms with Gasteiger partial charge in [0.15, 0.2) is 5.78 Å². The van der Waals surface area contributed by atoms with Crippen molar-refractivity contribution in [2.75, 3.05) is 13.6 Å². The van der Waals surface area contributed by atoms with Gasteiger partial charge in [0.25, 0.3) is 0 Å². The van der Waals surface area contributed by atoms with Gasteiger partial charge in [0.05, 0.1) is 0 Å². The fourth-order valence-electron chi connectivity index (χ4n) is 3.97. The van der Waals surface area contributed by atoms with Crippen molar-refractivity contribution in [3.8, 4) is 0 Å². The maximum absolute atomic E-state index is 13.1. The number of halogens is 1. The standard InChI is InChI=1S/C22H23ClN2O/c1-24-12-5-4-9-18(24)14-25-15-20(19-10-2-3-11-21(19)25)22(26)16-7-6-8-17(23)13-16/h2-3,6-8,10-11,13,15,18H,4-5,9,12,14H2,1H3. The molecule has 1 aromatic heterocycles. The van der Waals surface area contributed by atoms with E-state index in [9.17, 15) is 4.79 Å². The van der Waals surface area contributed by atoms with Gasteiger partial charge in [-0.15, -0.1) is 0 Å². The van der Waals surface area contributed by atoms with E-state index < -0.39 is 0 Å². The number of fused-ring (bicyclic) bond motifs is 1. The summed E-state index contributed by atoms with van der Waals surface area (Å²) in [7, 11) is 2.20. The molecule has 0 bridgehead atoms. The predicted molar refractivity (Wildman–Crippen MR) is 107 cm³/mol. The number of benzene rings is 2. The fraction of sp³-hybridized carbons (Fsp3) is 0.318. The Morgan fingerprint density at radius 3 is 2.81 bits per heavy atom. The van der Waals surface area contributed by atoms with Crippen molar-refractivity contribution >= 4 is 28.3 Å². The smallest absolute Gasteiger partial charge is 0.195 e. The van der Waals surface area contributed by atoms with Crippen molar-refractivity contribution in [2.24, 2.45) is 0 Å². The fourth-order valence-corrected chi connectivity index (χ4v) is 4.16. The second-order valence-electron chi connectivity index (χ2n) is 7.18. The minimum absolute atomic E-state index is 0.0273. The van der Waals surface area contributed by atoms with E-state index in [2.05, 4.69) is 22.6 Å². The second kappa shape index (κ2) is 7.26. The van der Waals surface area contributed by atoms with Crippen LogP contribution in [-0.4, -0.2) is 34.9 Å². The Morgan fingerprint density at radius 2 is 2.00 bits per heavy atom. The first kappa shape index (κ1) is 17.3. The Balaban J connectivity index is 1.73. The molecule has 1 saturated heterocycles. The van der Waals surface area contributed by atoms with E-state index in [1.807, 2.05) is 36.5 Å². The molecule has 2 aromatic carbocycles. The van der Waals surface area contributed by atoms with Crippen LogP contribution in [0.2, 0.25) is 5.02 Å². The third-order valence-electron chi connectivity index (χ3n) is 5.45. The number of para-hydroxylation sites is 1. The van der Waals surface area contributed by atoms with E-state index in [4.69, 9.17) is 11.6 Å². The van der Waals surface area contributed by atoms with E-state index in [0.29, 0.717) is 16.6 Å². The number of aromatic nitrogens is 1. The molecule has 1 aliphatic heterocycles. The molecule has 0 radical (unpaired) electrons. The maximum atomic E-state index is 13.1. The summed E-state index contributed by atoms with van der Waals surface area (Å²) in [5.74, 6) is 0.0273. The van der Waals surface area contributed by atoms with Crippen LogP contribution >= 0.6 is 11.6 Å². The van der Waals surface area contributed by atoms with Crippen LogP contribution in [0.5, 0.6) is 0 Å². The van der Waals surface area contributed by atoms with Crippen LogP contribution < -0.4 is 0 Å². The SMILES string of the molecule is CN1CCCCC1Cn1cc(C(=O)c2cccc(Cl)c2)c2ccccc21. The second-order valence-corrected chi connectivity index (χ2v) is 7.62. The van der Waals surface area contributed by atoms with Crippen molar-refractivity contribution in [3.05, 3.63) is 70.9 Å². The van der Waals surface area contributed by atoms with Gasteiger partial charge in [-0.3, -0.25) is 4.79 Å². The van der Waals surface area contributed by atoms with E-state index in [0.717, 1.165) is 29.6 Å². The molecule has 0 amide bonds. The Kier molecular flexibility index (Phi) is 4.84. The molecule has 134 valence electrons. The average molecular weight is 367 g/mol. The Hall–Kier alpha value is -2.10. The molecular formula is C22H23ClN2O. The highest BCUT2D eigenvalue weighted by Gasteiger charge is 2.22. The van der Waals surface area contributed by atoms with Gasteiger partial charge >= 0.3 is 0 Å². The normalized spacial score (nSPS) is 18.3. The first-order chi connectivity index (χ1) is 12.6. The first-order valence-corrected chi connectivity index (χ1v) is 9.59. The van der Waals surface area contributed by atoms with Crippen LogP contribution in [0.25, 0.3) is 10.9 Å². The van der Waals surface area contributed by atoms with Gasteiger partial charge in [0.2, 0.25) is 0 Å². The van der Waals surface area contributed by atoms with Crippen LogP contribution in [0.15, 0.2) is 54.7 Å². The molecule has 0 N–H and O–H groups in total. The lowest BCUT2D eigenvalue weighted by Gasteiger charge is -2.32. The monoisotopic (exact) mass is 366 g/mol. The van der Waals surface area contributed by atoms with Crippen molar-refractivity contribution in [1.82, 2.24) is 9.47 Å². The van der Waals surface area contributed by atoms with Gasteiger partial charge < -0.3 is 9.47 Å². The third kappa shape index (κ3) is 3.29. The van der Waals surface area contributed by atoms with Crippen LogP contribution in [0.3, 0.4) is 0 Å². The summed E-state index contributed by atoms with van der Waals surface area (Å²) in [6.07, 6.45) is 5.79. The molecule has 26 heavy (non-hydrogen) atoms. The topological polar surface area (TPSA) is 25.2 Å². The van der Waals surface area contributed by atoms with Gasteiger partial charge in [0.1, 0.15) is 0 Å². The summed E-state index contributed by atoms with van der Waals surface area (Å²) in [5, 5.41) is 1.60. The third-order valence-corrected chi connectivity index (χ3v) is 5.68. The van der Waals surface area contributed by atoms with Gasteiger partial charge in [-0.05, 0) is 44.6 Å². The highest BCUT2D eigenvalue weighted by molar-refractivity contribution is 6.31. The molecular weight excluding hydrogens is 344 g/mol. The van der Waals surface area contributed by atoms with Crippen molar-refractivity contribution in [1.29, 1.82) is 0 Å². The Labute approximate surface area is 159 Å². The highest BCUT2D eigenvalue weighted by atomic mass is 35.5. The summed E-state index contributed by atoms with van der Waals surface area (Å²) in [6.45, 7) is 2.07. The number of likely N-dealkylation sites (tertiary alicyclic amines) is 1. The zero-order chi connectivity index (χ0) is 18.1. The van der Waals surface area contributed by atoms with E-state index in [-0.39, 0.29) is 5.78 Å². The lowest BCUT2D eigenvalue weighted by atomic mass is 10.0. The number of carbonyl (C=O) groups is 1. The molecule has 1 unspecified atom stereocenters. The zero-order valence-corrected chi connectivity index (χ0v) is 15.7. The number of likely N-dealkylation sites (N-methyl/N-ethyl adjacent to an activating group) is 1. The van der Waals surface area contributed by atoms with Gasteiger partial charge in [-0.25, -0.2) is 0 Å². The molecule has 0 saturated carbocycles. The molecule has 0 aliphatic carbocycles. The number of ketones is 1. The quantitative estimate of drug-likeness (QED) is 0.606. The van der Waals surface area contributed by atoms with E-state index in [1.54, 1.807) is 12.1 Å². The van der Waals surface area contributed by atoms with Crippen molar-refractivity contribution in [3.63, 3.8) is 0 Å². The largest absolute Gasteiger partial charge is 0.345 e. The summed E-state index contributed by atoms with van der Waals surface area (Å²) >= 11 is 6.08. The number of hydrogen-bond donors (Lipinski definition) is 0. The first-order valence-electron chi connectivity index (χ1n) is 9.22. The van der Waals surface area contributed by atoms with Crippen LogP contribution in [0.1, 0.15) is 35.2 Å². The number of piperidine rings is 1. The van der Waals surface area contributed by atoms with Gasteiger partial charge in [0, 0.05) is 45.8 Å². The number of nitrogens with zero attached hydrogens (tertiary/aromatic N) is 2. The highest BCUT2D eigenvalue weighted by Crippen LogP contribution is 2.26. The van der Waals surface area contributed by atoms with Crippen molar-refractivity contribution in [2.45, 2.75) is 31.8 Å². The summed E-state index contributed by atoms with van der Waals surface area (Å²) in [4.78, 5) is 15.5. The number of rotatable bonds is 4. The number of carbonyl (C=O) groups excluding carboxylic acids is 1. The van der Waals surface area contributed by atoms with Gasteiger partial charge in [-0.2, -0.15) is 0 Å². The summed E-state index contributed by atoms with van der Waals surface area (Å²) < 4.78 is 2.25. The lowest BCUT2D eigenvalue weighted by molar-refractivity contribution is 0.104. The van der Waals surface area contributed by atoms with E-state index >= 15 is 0 Å². The minimum atomic E-state index is 0.0273. The zero-order valence-electron chi connectivity index (χ0n) is 15.0. The predicted octanol–water partition coefficient (Wildman–Crippen LogP) is 5.01. The Morgan fingerprint density at radius 1 is 1.15 bits per heavy atom. The molecule has 1 fully saturated rings. The van der Waals surface area contributed by atoms with Crippen LogP contribution in [0.4, 0.5) is 0 Å². The van der Waals surface area contributed by atoms with Gasteiger partial charge in [-0.1, -0.05) is 48.4 Å². The molecule has 3 aromatic rings. The average Bonchev–Trinajstić information content (AvgIpc) is 3.02. The van der Waals surface area contributed by atoms with E-state index in [1.165, 1.54) is 19.3 Å². The Bertz CT molecular complexity index is 946. The minimum Gasteiger partial charge on any atom is -0.345 e. The molecule has 3 nitrogen and oxygen atoms in total. The maximum Gasteiger partial charge on any atom is 0.195 e. The molecule has 1 atom stereocenters. The molecule has 2 heterocycles. The van der Waals surface area contributed by atoms with Crippen LogP contribution in [0, 0.1) is 0 Å². The number of hydrogen-bond acceptors (Lipinski definition) is 2. The molecule has 0 spiro atoms. The molecule has 1 aliphatic rings.